The molecule has 0 aliphatic rings. The van der Waals surface area contributed by atoms with Gasteiger partial charge in [-0.2, -0.15) is 0 Å². The minimum absolute atomic E-state index is 0. The number of aromatic hydroxyl groups is 2. The lowest BCUT2D eigenvalue weighted by atomic mass is 9.92. The molecule has 0 aliphatic heterocycles. The van der Waals surface area contributed by atoms with E-state index in [1.54, 1.807) is 12.1 Å². The van der Waals surface area contributed by atoms with Gasteiger partial charge >= 0.3 is 7.69 Å². The van der Waals surface area contributed by atoms with Gasteiger partial charge in [0.05, 0.1) is 0 Å². The zero-order valence-corrected chi connectivity index (χ0v) is 13.3. The average molecular weight is 331 g/mol. The van der Waals surface area contributed by atoms with E-state index in [9.17, 15) is 10.2 Å². The van der Waals surface area contributed by atoms with Crippen molar-refractivity contribution in [3.63, 3.8) is 0 Å². The molecule has 5 heteroatoms. The Morgan fingerprint density at radius 3 is 1.28 bits per heavy atom. The van der Waals surface area contributed by atoms with E-state index in [1.807, 2.05) is 60.7 Å². The highest BCUT2D eigenvalue weighted by molar-refractivity contribution is 6.13. The van der Waals surface area contributed by atoms with Gasteiger partial charge in [0.15, 0.2) is 0 Å². The van der Waals surface area contributed by atoms with E-state index in [2.05, 4.69) is 0 Å². The molecule has 4 aromatic carbocycles. The Balaban J connectivity index is 0.000000569. The minimum atomic E-state index is 0. The lowest BCUT2D eigenvalue weighted by Gasteiger charge is -2.14. The van der Waals surface area contributed by atoms with E-state index < -0.39 is 0 Å². The Labute approximate surface area is 145 Å². The summed E-state index contributed by atoms with van der Waals surface area (Å²) in [6, 6.07) is 22.9. The highest BCUT2D eigenvalue weighted by Gasteiger charge is 2.16. The van der Waals surface area contributed by atoms with Crippen molar-refractivity contribution in [1.29, 1.82) is 0 Å². The fourth-order valence-corrected chi connectivity index (χ4v) is 3.05. The Hall–Kier alpha value is -3.02. The van der Waals surface area contributed by atoms with Gasteiger partial charge in [-0.3, -0.25) is 0 Å². The summed E-state index contributed by atoms with van der Waals surface area (Å²) in [4.78, 5) is 0. The summed E-state index contributed by atoms with van der Waals surface area (Å²) in [6.07, 6.45) is 0. The van der Waals surface area contributed by atoms with E-state index in [1.165, 1.54) is 0 Å². The van der Waals surface area contributed by atoms with Gasteiger partial charge in [-0.1, -0.05) is 60.7 Å². The molecule has 0 atom stereocenters. The molecule has 0 saturated carbocycles. The van der Waals surface area contributed by atoms with Crippen LogP contribution in [-0.4, -0.2) is 27.9 Å². The maximum Gasteiger partial charge on any atom is 0.482 e. The Bertz CT molecular complexity index is 947. The molecular weight excluding hydrogens is 315 g/mol. The molecule has 0 unspecified atom stereocenters. The molecule has 25 heavy (non-hydrogen) atoms. The van der Waals surface area contributed by atoms with Gasteiger partial charge in [-0.05, 0) is 33.7 Å². The molecule has 0 fully saturated rings. The fourth-order valence-electron chi connectivity index (χ4n) is 3.05. The number of fused-ring (bicyclic) bond motifs is 2. The number of hydrogen-bond acceptors (Lipinski definition) is 4. The van der Waals surface area contributed by atoms with Crippen LogP contribution in [0.1, 0.15) is 0 Å². The zero-order chi connectivity index (χ0) is 17.8. The third-order valence-electron chi connectivity index (χ3n) is 4.06. The van der Waals surface area contributed by atoms with Crippen LogP contribution in [-0.2, 0) is 0 Å². The third kappa shape index (κ3) is 3.15. The van der Waals surface area contributed by atoms with Gasteiger partial charge in [-0.15, -0.1) is 0 Å². The maximum atomic E-state index is 10.4. The van der Waals surface area contributed by atoms with Gasteiger partial charge in [-0.25, -0.2) is 0 Å². The maximum absolute atomic E-state index is 10.4. The molecule has 0 spiro atoms. The predicted molar refractivity (Wildman–Crippen MR) is 100 cm³/mol. The van der Waals surface area contributed by atoms with Crippen molar-refractivity contribution in [3.05, 3.63) is 72.8 Å². The Morgan fingerprint density at radius 1 is 0.520 bits per heavy atom. The van der Waals surface area contributed by atoms with Crippen LogP contribution in [0.3, 0.4) is 0 Å². The summed E-state index contributed by atoms with van der Waals surface area (Å²) in [7, 11) is 0. The molecule has 4 nitrogen and oxygen atoms in total. The first-order chi connectivity index (χ1) is 12.2. The van der Waals surface area contributed by atoms with Crippen molar-refractivity contribution >= 4 is 29.2 Å². The molecule has 0 amide bonds. The van der Waals surface area contributed by atoms with Crippen molar-refractivity contribution < 1.29 is 20.3 Å². The standard InChI is InChI=1S/C20H14O2.BH2O2/c21-17-11-9-13-5-1-3-7-15(13)19(17)20-16-8-4-2-6-14(16)10-12-18(20)22;2-1-3/h1-12,21-22H;2-3H. The first-order valence-electron chi connectivity index (χ1n) is 7.69. The normalized spacial score (nSPS) is 10.3. The van der Waals surface area contributed by atoms with Gasteiger partial charge in [0, 0.05) is 11.1 Å². The predicted octanol–water partition coefficient (Wildman–Crippen LogP) is 3.58. The van der Waals surface area contributed by atoms with Gasteiger partial charge in [0.25, 0.3) is 0 Å². The molecule has 1 radical (unpaired) electrons. The SMILES string of the molecule is O[B]O.Oc1ccc2ccccc2c1-c1c(O)ccc2ccccc12. The minimum Gasteiger partial charge on any atom is -0.507 e. The van der Waals surface area contributed by atoms with Crippen molar-refractivity contribution in [1.82, 2.24) is 0 Å². The summed E-state index contributed by atoms with van der Waals surface area (Å²) in [5.41, 5.74) is 1.35. The van der Waals surface area contributed by atoms with Gasteiger partial charge in [0.2, 0.25) is 0 Å². The van der Waals surface area contributed by atoms with Crippen molar-refractivity contribution in [2.75, 3.05) is 0 Å². The fraction of sp³-hybridized carbons (Fsp3) is 0. The van der Waals surface area contributed by atoms with E-state index >= 15 is 0 Å². The number of phenols is 2. The van der Waals surface area contributed by atoms with Gasteiger partial charge in [0.1, 0.15) is 11.5 Å². The molecule has 4 N–H and O–H groups in total. The Morgan fingerprint density at radius 2 is 0.880 bits per heavy atom. The molecule has 4 rings (SSSR count). The van der Waals surface area contributed by atoms with Crippen LogP contribution in [0.2, 0.25) is 0 Å². The second kappa shape index (κ2) is 7.26. The van der Waals surface area contributed by atoms with Gasteiger partial charge < -0.3 is 20.3 Å². The second-order valence-corrected chi connectivity index (χ2v) is 5.48. The van der Waals surface area contributed by atoms with E-state index in [4.69, 9.17) is 10.0 Å². The zero-order valence-electron chi connectivity index (χ0n) is 13.3. The first kappa shape index (κ1) is 16.8. The summed E-state index contributed by atoms with van der Waals surface area (Å²) in [5, 5.41) is 38.8. The average Bonchev–Trinajstić information content (AvgIpc) is 2.63. The monoisotopic (exact) mass is 331 g/mol. The number of phenolic OH excluding ortho intramolecular Hbond substituents is 2. The molecular formula is C20H16BO4. The molecule has 0 saturated heterocycles. The van der Waals surface area contributed by atoms with E-state index in [-0.39, 0.29) is 19.2 Å². The van der Waals surface area contributed by atoms with Crippen molar-refractivity contribution in [3.8, 4) is 22.6 Å². The first-order valence-corrected chi connectivity index (χ1v) is 7.69. The van der Waals surface area contributed by atoms with Crippen LogP contribution < -0.4 is 0 Å². The highest BCUT2D eigenvalue weighted by atomic mass is 16.4. The smallest absolute Gasteiger partial charge is 0.482 e. The number of rotatable bonds is 1. The number of hydrogen-bond donors (Lipinski definition) is 4. The number of benzene rings is 4. The second-order valence-electron chi connectivity index (χ2n) is 5.48. The van der Waals surface area contributed by atoms with Crippen LogP contribution in [0.5, 0.6) is 11.5 Å². The Kier molecular flexibility index (Phi) is 4.88. The van der Waals surface area contributed by atoms with E-state index in [0.29, 0.717) is 11.1 Å². The largest absolute Gasteiger partial charge is 0.507 e. The summed E-state index contributed by atoms with van der Waals surface area (Å²) in [6.45, 7) is 0. The van der Waals surface area contributed by atoms with Crippen molar-refractivity contribution in [2.45, 2.75) is 0 Å². The van der Waals surface area contributed by atoms with Crippen LogP contribution in [0.15, 0.2) is 72.8 Å². The molecule has 0 bridgehead atoms. The summed E-state index contributed by atoms with van der Waals surface area (Å²) in [5.74, 6) is 0.343. The molecule has 123 valence electrons. The molecule has 0 aromatic heterocycles. The van der Waals surface area contributed by atoms with Crippen LogP contribution in [0.25, 0.3) is 32.7 Å². The topological polar surface area (TPSA) is 80.9 Å². The summed E-state index contributed by atoms with van der Waals surface area (Å²) < 4.78 is 0. The molecule has 0 aliphatic carbocycles. The van der Waals surface area contributed by atoms with Crippen molar-refractivity contribution in [2.24, 2.45) is 0 Å². The van der Waals surface area contributed by atoms with Crippen LogP contribution >= 0.6 is 0 Å². The molecule has 4 aromatic rings. The lowest BCUT2D eigenvalue weighted by molar-refractivity contribution is 0.448. The highest BCUT2D eigenvalue weighted by Crippen LogP contribution is 2.44. The molecule has 0 heterocycles. The lowest BCUT2D eigenvalue weighted by Crippen LogP contribution is -1.86. The third-order valence-corrected chi connectivity index (χ3v) is 4.06. The van der Waals surface area contributed by atoms with Crippen LogP contribution in [0.4, 0.5) is 0 Å². The quantitative estimate of drug-likeness (QED) is 0.402. The van der Waals surface area contributed by atoms with E-state index in [0.717, 1.165) is 21.5 Å². The van der Waals surface area contributed by atoms with Crippen LogP contribution in [0, 0.1) is 0 Å². The summed E-state index contributed by atoms with van der Waals surface area (Å²) >= 11 is 0.